The maximum atomic E-state index is 13.4. The first kappa shape index (κ1) is 15.2. The van der Waals surface area contributed by atoms with Crippen molar-refractivity contribution >= 4 is 22.4 Å². The van der Waals surface area contributed by atoms with Gasteiger partial charge in [0, 0.05) is 6.42 Å². The Morgan fingerprint density at radius 3 is 3.00 bits per heavy atom. The molecular weight excluding hydrogens is 291 g/mol. The van der Waals surface area contributed by atoms with Crippen LogP contribution in [-0.4, -0.2) is 22.6 Å². The lowest BCUT2D eigenvalue weighted by Gasteiger charge is -2.02. The third-order valence-corrected chi connectivity index (χ3v) is 3.34. The first-order valence-electron chi connectivity index (χ1n) is 6.28. The number of halogens is 1. The van der Waals surface area contributed by atoms with Crippen LogP contribution in [0.15, 0.2) is 30.5 Å². The number of hydrogen-bond acceptors (Lipinski definition) is 4. The maximum absolute atomic E-state index is 13.4. The molecule has 108 valence electrons. The van der Waals surface area contributed by atoms with E-state index in [9.17, 15) is 9.18 Å². The Morgan fingerprint density at radius 2 is 2.24 bits per heavy atom. The predicted octanol–water partition coefficient (Wildman–Crippen LogP) is 2.20. The zero-order valence-electron chi connectivity index (χ0n) is 11.1. The number of aliphatic hydroxyl groups excluding tert-OH is 1. The Labute approximate surface area is 125 Å². The first-order valence-corrected chi connectivity index (χ1v) is 7.09. The van der Waals surface area contributed by atoms with E-state index in [-0.39, 0.29) is 18.9 Å². The number of hydrogen-bond donors (Lipinski definition) is 2. The van der Waals surface area contributed by atoms with Gasteiger partial charge in [0.25, 0.3) is 0 Å². The van der Waals surface area contributed by atoms with Crippen LogP contribution in [0.1, 0.15) is 16.9 Å². The summed E-state index contributed by atoms with van der Waals surface area (Å²) in [6, 6.07) is 6.16. The lowest BCUT2D eigenvalue weighted by Crippen LogP contribution is -2.14. The molecule has 0 saturated heterocycles. The molecule has 0 spiro atoms. The summed E-state index contributed by atoms with van der Waals surface area (Å²) < 4.78 is 13.4. The van der Waals surface area contributed by atoms with Crippen molar-refractivity contribution in [1.82, 2.24) is 4.98 Å². The number of amides is 1. The minimum absolute atomic E-state index is 0.0119. The van der Waals surface area contributed by atoms with Crippen LogP contribution < -0.4 is 5.32 Å². The highest BCUT2D eigenvalue weighted by Gasteiger charge is 2.09. The molecule has 0 atom stereocenters. The van der Waals surface area contributed by atoms with E-state index in [1.807, 2.05) is 0 Å². The normalized spacial score (nSPS) is 9.81. The Hall–Kier alpha value is -2.23. The van der Waals surface area contributed by atoms with E-state index in [0.29, 0.717) is 22.0 Å². The average molecular weight is 304 g/mol. The van der Waals surface area contributed by atoms with Crippen LogP contribution in [-0.2, 0) is 11.2 Å². The highest BCUT2D eigenvalue weighted by molar-refractivity contribution is 7.16. The van der Waals surface area contributed by atoms with Gasteiger partial charge < -0.3 is 10.4 Å². The SMILES string of the molecule is O=C(Cc1ccccc1F)Nc1ncc(C#CCCO)s1. The number of thiazole rings is 1. The van der Waals surface area contributed by atoms with E-state index >= 15 is 0 Å². The molecule has 1 aromatic heterocycles. The maximum Gasteiger partial charge on any atom is 0.230 e. The molecule has 0 bridgehead atoms. The van der Waals surface area contributed by atoms with Crippen LogP contribution in [0.2, 0.25) is 0 Å². The summed E-state index contributed by atoms with van der Waals surface area (Å²) in [5.41, 5.74) is 0.342. The fourth-order valence-corrected chi connectivity index (χ4v) is 2.28. The van der Waals surface area contributed by atoms with E-state index in [4.69, 9.17) is 5.11 Å². The van der Waals surface area contributed by atoms with Gasteiger partial charge in [0.2, 0.25) is 5.91 Å². The smallest absolute Gasteiger partial charge is 0.230 e. The molecule has 2 N–H and O–H groups in total. The molecule has 0 radical (unpaired) electrons. The number of aliphatic hydroxyl groups is 1. The molecule has 1 heterocycles. The molecule has 0 aliphatic rings. The van der Waals surface area contributed by atoms with Crippen molar-refractivity contribution in [2.75, 3.05) is 11.9 Å². The minimum atomic E-state index is -0.401. The second kappa shape index (κ2) is 7.53. The lowest BCUT2D eigenvalue weighted by molar-refractivity contribution is -0.115. The van der Waals surface area contributed by atoms with Crippen molar-refractivity contribution in [3.63, 3.8) is 0 Å². The number of anilines is 1. The van der Waals surface area contributed by atoms with E-state index in [1.165, 1.54) is 17.4 Å². The second-order valence-electron chi connectivity index (χ2n) is 4.12. The highest BCUT2D eigenvalue weighted by atomic mass is 32.1. The van der Waals surface area contributed by atoms with Gasteiger partial charge in [-0.15, -0.1) is 0 Å². The van der Waals surface area contributed by atoms with Gasteiger partial charge >= 0.3 is 0 Å². The van der Waals surface area contributed by atoms with Gasteiger partial charge in [-0.25, -0.2) is 9.37 Å². The molecule has 0 aliphatic heterocycles. The standard InChI is InChI=1S/C15H13FN2O2S/c16-13-7-2-1-5-11(13)9-14(20)18-15-17-10-12(21-15)6-3-4-8-19/h1-2,5,7,10,19H,4,8-9H2,(H,17,18,20). The van der Waals surface area contributed by atoms with Crippen LogP contribution in [0.25, 0.3) is 0 Å². The fraction of sp³-hybridized carbons (Fsp3) is 0.200. The third-order valence-electron chi connectivity index (χ3n) is 2.51. The minimum Gasteiger partial charge on any atom is -0.395 e. The molecule has 1 aromatic carbocycles. The predicted molar refractivity (Wildman–Crippen MR) is 79.4 cm³/mol. The molecule has 2 aromatic rings. The Bertz CT molecular complexity index is 688. The Morgan fingerprint density at radius 1 is 1.43 bits per heavy atom. The van der Waals surface area contributed by atoms with E-state index in [2.05, 4.69) is 22.1 Å². The molecule has 21 heavy (non-hydrogen) atoms. The van der Waals surface area contributed by atoms with Crippen molar-refractivity contribution in [2.24, 2.45) is 0 Å². The molecule has 6 heteroatoms. The van der Waals surface area contributed by atoms with E-state index < -0.39 is 5.82 Å². The van der Waals surface area contributed by atoms with Crippen molar-refractivity contribution in [3.05, 3.63) is 46.7 Å². The van der Waals surface area contributed by atoms with Crippen LogP contribution in [0.3, 0.4) is 0 Å². The van der Waals surface area contributed by atoms with Crippen LogP contribution in [0.5, 0.6) is 0 Å². The van der Waals surface area contributed by atoms with Crippen molar-refractivity contribution in [3.8, 4) is 11.8 Å². The second-order valence-corrected chi connectivity index (χ2v) is 5.15. The van der Waals surface area contributed by atoms with Crippen LogP contribution in [0.4, 0.5) is 9.52 Å². The van der Waals surface area contributed by atoms with Gasteiger partial charge in [-0.1, -0.05) is 41.4 Å². The van der Waals surface area contributed by atoms with Gasteiger partial charge in [0.15, 0.2) is 5.13 Å². The summed E-state index contributed by atoms with van der Waals surface area (Å²) in [5, 5.41) is 11.7. The summed E-state index contributed by atoms with van der Waals surface area (Å²) in [6.45, 7) is 0.0119. The zero-order chi connectivity index (χ0) is 15.1. The van der Waals surface area contributed by atoms with Crippen molar-refractivity contribution in [1.29, 1.82) is 0 Å². The molecule has 1 amide bonds. The molecular formula is C15H13FN2O2S. The zero-order valence-corrected chi connectivity index (χ0v) is 11.9. The van der Waals surface area contributed by atoms with E-state index in [1.54, 1.807) is 24.4 Å². The molecule has 0 fully saturated rings. The van der Waals surface area contributed by atoms with Gasteiger partial charge in [-0.2, -0.15) is 0 Å². The number of carbonyl (C=O) groups excluding carboxylic acids is 1. The molecule has 2 rings (SSSR count). The summed E-state index contributed by atoms with van der Waals surface area (Å²) in [7, 11) is 0. The summed E-state index contributed by atoms with van der Waals surface area (Å²) >= 11 is 1.23. The molecule has 0 unspecified atom stereocenters. The number of carbonyl (C=O) groups is 1. The average Bonchev–Trinajstić information content (AvgIpc) is 2.89. The van der Waals surface area contributed by atoms with Crippen molar-refractivity contribution in [2.45, 2.75) is 12.8 Å². The monoisotopic (exact) mass is 304 g/mol. The van der Waals surface area contributed by atoms with Gasteiger partial charge in [-0.3, -0.25) is 4.79 Å². The largest absolute Gasteiger partial charge is 0.395 e. The fourth-order valence-electron chi connectivity index (χ4n) is 1.57. The van der Waals surface area contributed by atoms with Gasteiger partial charge in [0.05, 0.1) is 24.1 Å². The summed E-state index contributed by atoms with van der Waals surface area (Å²) in [4.78, 5) is 16.5. The molecule has 0 aliphatic carbocycles. The number of nitrogens with one attached hydrogen (secondary N) is 1. The summed E-state index contributed by atoms with van der Waals surface area (Å²) in [5.74, 6) is 4.88. The van der Waals surface area contributed by atoms with Crippen molar-refractivity contribution < 1.29 is 14.3 Å². The number of nitrogens with zero attached hydrogens (tertiary/aromatic N) is 1. The van der Waals surface area contributed by atoms with Gasteiger partial charge in [0.1, 0.15) is 5.82 Å². The Balaban J connectivity index is 1.95. The third kappa shape index (κ3) is 4.67. The van der Waals surface area contributed by atoms with Crippen LogP contribution in [0, 0.1) is 17.7 Å². The van der Waals surface area contributed by atoms with Crippen LogP contribution >= 0.6 is 11.3 Å². The van der Waals surface area contributed by atoms with Gasteiger partial charge in [-0.05, 0) is 11.6 Å². The Kier molecular flexibility index (Phi) is 5.43. The quantitative estimate of drug-likeness (QED) is 0.851. The number of rotatable bonds is 4. The lowest BCUT2D eigenvalue weighted by atomic mass is 10.1. The molecule has 0 saturated carbocycles. The summed E-state index contributed by atoms with van der Waals surface area (Å²) in [6.07, 6.45) is 1.90. The number of benzene rings is 1. The highest BCUT2D eigenvalue weighted by Crippen LogP contribution is 2.17. The van der Waals surface area contributed by atoms with E-state index in [0.717, 1.165) is 0 Å². The number of aromatic nitrogens is 1. The first-order chi connectivity index (χ1) is 10.2. The topological polar surface area (TPSA) is 62.2 Å². The molecule has 4 nitrogen and oxygen atoms in total.